The Labute approximate surface area is 211 Å². The van der Waals surface area contributed by atoms with E-state index in [1.807, 2.05) is 6.92 Å². The lowest BCUT2D eigenvalue weighted by Crippen LogP contribution is -2.58. The summed E-state index contributed by atoms with van der Waals surface area (Å²) in [6.45, 7) is 11.4. The van der Waals surface area contributed by atoms with Crippen molar-refractivity contribution < 1.29 is 4.79 Å². The second-order valence-electron chi connectivity index (χ2n) is 12.6. The summed E-state index contributed by atoms with van der Waals surface area (Å²) in [5.41, 5.74) is 1.86. The summed E-state index contributed by atoms with van der Waals surface area (Å²) in [4.78, 5) is 29.7. The lowest BCUT2D eigenvalue weighted by atomic mass is 9.49. The molecule has 35 heavy (non-hydrogen) atoms. The average molecular weight is 480 g/mol. The fourth-order valence-corrected chi connectivity index (χ4v) is 8.19. The first kappa shape index (κ1) is 23.8. The van der Waals surface area contributed by atoms with Gasteiger partial charge in [-0.05, 0) is 94.7 Å². The van der Waals surface area contributed by atoms with Crippen molar-refractivity contribution >= 4 is 11.7 Å². The molecule has 3 atom stereocenters. The molecule has 192 valence electrons. The van der Waals surface area contributed by atoms with Crippen molar-refractivity contribution in [2.75, 3.05) is 31.1 Å². The minimum absolute atomic E-state index is 0.383. The molecular formula is C29H45N5O. The van der Waals surface area contributed by atoms with Crippen LogP contribution < -0.4 is 4.90 Å². The number of likely N-dealkylation sites (tertiary alicyclic amines) is 2. The van der Waals surface area contributed by atoms with E-state index in [-0.39, 0.29) is 0 Å². The molecule has 5 aliphatic rings. The van der Waals surface area contributed by atoms with Crippen LogP contribution in [0, 0.1) is 11.3 Å². The summed E-state index contributed by atoms with van der Waals surface area (Å²) >= 11 is 0. The van der Waals surface area contributed by atoms with Crippen LogP contribution in [-0.4, -0.2) is 75.9 Å². The SMILES string of the molecule is CCC(=O)C1CC2(C1)CC(N1CCC(c3cnc(N4C5CCC4CN(C(C)CC)C5)nc3)CC1)C2. The number of piperidine rings is 1. The molecule has 0 aromatic carbocycles. The lowest BCUT2D eigenvalue weighted by molar-refractivity contribution is -0.141. The zero-order valence-corrected chi connectivity index (χ0v) is 22.2. The topological polar surface area (TPSA) is 52.6 Å². The van der Waals surface area contributed by atoms with Crippen molar-refractivity contribution in [3.05, 3.63) is 18.0 Å². The standard InChI is InChI=1S/C29H45N5O/c1-4-20(3)33-18-24-6-7-25(19-33)34(24)28-30-16-23(17-31-28)21-8-10-32(11-9-21)26-14-29(15-26)12-22(13-29)27(35)5-2/h16-17,20-22,24-26H,4-15,18-19H2,1-3H3. The molecule has 6 rings (SSSR count). The summed E-state index contributed by atoms with van der Waals surface area (Å²) in [7, 11) is 0. The molecule has 0 radical (unpaired) electrons. The van der Waals surface area contributed by atoms with E-state index in [1.165, 1.54) is 76.4 Å². The van der Waals surface area contributed by atoms with Crippen molar-refractivity contribution in [1.82, 2.24) is 19.8 Å². The molecule has 3 aliphatic heterocycles. The second kappa shape index (κ2) is 9.41. The molecule has 0 N–H and O–H groups in total. The number of fused-ring (bicyclic) bond motifs is 2. The molecule has 2 saturated carbocycles. The number of nitrogens with zero attached hydrogens (tertiary/aromatic N) is 5. The molecule has 5 fully saturated rings. The van der Waals surface area contributed by atoms with Gasteiger partial charge in [0.15, 0.2) is 0 Å². The number of hydrogen-bond donors (Lipinski definition) is 0. The van der Waals surface area contributed by atoms with E-state index in [9.17, 15) is 4.79 Å². The van der Waals surface area contributed by atoms with E-state index in [0.29, 0.717) is 41.2 Å². The highest BCUT2D eigenvalue weighted by molar-refractivity contribution is 5.81. The van der Waals surface area contributed by atoms with Crippen molar-refractivity contribution in [3.8, 4) is 0 Å². The van der Waals surface area contributed by atoms with Gasteiger partial charge in [0.25, 0.3) is 0 Å². The van der Waals surface area contributed by atoms with Gasteiger partial charge in [0.1, 0.15) is 5.78 Å². The van der Waals surface area contributed by atoms with Crippen LogP contribution in [0.15, 0.2) is 12.4 Å². The van der Waals surface area contributed by atoms with Gasteiger partial charge >= 0.3 is 0 Å². The van der Waals surface area contributed by atoms with E-state index in [4.69, 9.17) is 9.97 Å². The quantitative estimate of drug-likeness (QED) is 0.568. The molecule has 1 aromatic rings. The summed E-state index contributed by atoms with van der Waals surface area (Å²) in [6.07, 6.45) is 16.2. The Balaban J connectivity index is 0.991. The third-order valence-corrected chi connectivity index (χ3v) is 10.6. The van der Waals surface area contributed by atoms with Crippen molar-refractivity contribution in [3.63, 3.8) is 0 Å². The van der Waals surface area contributed by atoms with Crippen LogP contribution in [0.1, 0.15) is 96.5 Å². The maximum atomic E-state index is 11.9. The van der Waals surface area contributed by atoms with Gasteiger partial charge in [0, 0.05) is 62.0 Å². The van der Waals surface area contributed by atoms with Crippen molar-refractivity contribution in [2.45, 2.75) is 115 Å². The first-order valence-electron chi connectivity index (χ1n) is 14.6. The maximum Gasteiger partial charge on any atom is 0.225 e. The Bertz CT molecular complexity index is 882. The lowest BCUT2D eigenvalue weighted by Gasteiger charge is -2.60. The van der Waals surface area contributed by atoms with Crippen LogP contribution in [0.4, 0.5) is 5.95 Å². The molecule has 3 unspecified atom stereocenters. The predicted octanol–water partition coefficient (Wildman–Crippen LogP) is 4.65. The first-order valence-corrected chi connectivity index (χ1v) is 14.6. The molecule has 6 nitrogen and oxygen atoms in total. The van der Waals surface area contributed by atoms with Gasteiger partial charge in [-0.3, -0.25) is 9.69 Å². The van der Waals surface area contributed by atoms with E-state index >= 15 is 0 Å². The largest absolute Gasteiger partial charge is 0.332 e. The molecule has 1 aromatic heterocycles. The molecule has 4 heterocycles. The van der Waals surface area contributed by atoms with Crippen LogP contribution in [0.5, 0.6) is 0 Å². The number of piperazine rings is 1. The van der Waals surface area contributed by atoms with Crippen molar-refractivity contribution in [1.29, 1.82) is 0 Å². The van der Waals surface area contributed by atoms with Gasteiger partial charge in [-0.1, -0.05) is 13.8 Å². The molecular weight excluding hydrogens is 434 g/mol. The van der Waals surface area contributed by atoms with Crippen LogP contribution in [0.3, 0.4) is 0 Å². The second-order valence-corrected chi connectivity index (χ2v) is 12.6. The third kappa shape index (κ3) is 4.33. The normalized spacial score (nSPS) is 36.7. The minimum Gasteiger partial charge on any atom is -0.332 e. The number of anilines is 1. The Hall–Kier alpha value is -1.53. The van der Waals surface area contributed by atoms with Gasteiger partial charge in [0.2, 0.25) is 5.95 Å². The zero-order valence-electron chi connectivity index (χ0n) is 22.2. The Morgan fingerprint density at radius 1 is 0.971 bits per heavy atom. The molecule has 2 bridgehead atoms. The van der Waals surface area contributed by atoms with Gasteiger partial charge < -0.3 is 9.80 Å². The first-order chi connectivity index (χ1) is 17.0. The van der Waals surface area contributed by atoms with Gasteiger partial charge in [-0.25, -0.2) is 9.97 Å². The van der Waals surface area contributed by atoms with Gasteiger partial charge in [0.05, 0.1) is 0 Å². The molecule has 3 saturated heterocycles. The number of ketones is 1. The Morgan fingerprint density at radius 2 is 1.60 bits per heavy atom. The van der Waals surface area contributed by atoms with E-state index < -0.39 is 0 Å². The van der Waals surface area contributed by atoms with Crippen LogP contribution in [-0.2, 0) is 4.79 Å². The number of aromatic nitrogens is 2. The minimum atomic E-state index is 0.383. The Kier molecular flexibility index (Phi) is 6.41. The van der Waals surface area contributed by atoms with Crippen LogP contribution in [0.2, 0.25) is 0 Å². The fourth-order valence-electron chi connectivity index (χ4n) is 8.19. The number of hydrogen-bond acceptors (Lipinski definition) is 6. The molecule has 1 spiro atoms. The number of carbonyl (C=O) groups excluding carboxylic acids is 1. The highest BCUT2D eigenvalue weighted by atomic mass is 16.1. The summed E-state index contributed by atoms with van der Waals surface area (Å²) in [5, 5.41) is 0. The molecule has 2 aliphatic carbocycles. The third-order valence-electron chi connectivity index (χ3n) is 10.6. The smallest absolute Gasteiger partial charge is 0.225 e. The summed E-state index contributed by atoms with van der Waals surface area (Å²) < 4.78 is 0. The zero-order chi connectivity index (χ0) is 24.2. The molecule has 6 heteroatoms. The summed E-state index contributed by atoms with van der Waals surface area (Å²) in [6, 6.07) is 2.59. The summed E-state index contributed by atoms with van der Waals surface area (Å²) in [5.74, 6) is 2.44. The fraction of sp³-hybridized carbons (Fsp3) is 0.828. The highest BCUT2D eigenvalue weighted by Gasteiger charge is 2.55. The van der Waals surface area contributed by atoms with Crippen LogP contribution >= 0.6 is 0 Å². The van der Waals surface area contributed by atoms with Crippen LogP contribution in [0.25, 0.3) is 0 Å². The number of Topliss-reactive ketones (excluding diaryl/α,β-unsaturated/α-hetero) is 1. The van der Waals surface area contributed by atoms with E-state index in [2.05, 4.69) is 40.9 Å². The average Bonchev–Trinajstić information content (AvgIpc) is 3.11. The monoisotopic (exact) mass is 479 g/mol. The number of carbonyl (C=O) groups is 1. The molecule has 0 amide bonds. The van der Waals surface area contributed by atoms with Gasteiger partial charge in [-0.15, -0.1) is 0 Å². The highest BCUT2D eigenvalue weighted by Crippen LogP contribution is 2.60. The van der Waals surface area contributed by atoms with E-state index in [0.717, 1.165) is 31.5 Å². The van der Waals surface area contributed by atoms with Crippen molar-refractivity contribution in [2.24, 2.45) is 11.3 Å². The Morgan fingerprint density at radius 3 is 2.17 bits per heavy atom. The van der Waals surface area contributed by atoms with Gasteiger partial charge in [-0.2, -0.15) is 0 Å². The predicted molar refractivity (Wildman–Crippen MR) is 140 cm³/mol. The number of rotatable bonds is 7. The van der Waals surface area contributed by atoms with E-state index in [1.54, 1.807) is 0 Å². The maximum absolute atomic E-state index is 11.9.